The molecule has 1 aliphatic heterocycles. The molecule has 0 spiro atoms. The van der Waals surface area contributed by atoms with Crippen LogP contribution in [-0.4, -0.2) is 46.0 Å². The molecule has 1 aromatic heterocycles. The molecular weight excluding hydrogens is 248 g/mol. The molecule has 0 unspecified atom stereocenters. The lowest BCUT2D eigenvalue weighted by Gasteiger charge is -2.26. The van der Waals surface area contributed by atoms with E-state index in [1.807, 2.05) is 0 Å². The Morgan fingerprint density at radius 3 is 2.84 bits per heavy atom. The Kier molecular flexibility index (Phi) is 4.45. The number of piperidine rings is 1. The quantitative estimate of drug-likeness (QED) is 0.600. The lowest BCUT2D eigenvalue weighted by molar-refractivity contribution is -0.384. The Labute approximate surface area is 111 Å². The van der Waals surface area contributed by atoms with Crippen LogP contribution in [-0.2, 0) is 0 Å². The Hall–Kier alpha value is -1.96. The molecule has 0 bridgehead atoms. The molecule has 1 saturated heterocycles. The van der Waals surface area contributed by atoms with Crippen LogP contribution in [0.15, 0.2) is 6.20 Å². The van der Waals surface area contributed by atoms with Crippen molar-refractivity contribution in [1.29, 1.82) is 0 Å². The van der Waals surface area contributed by atoms with Crippen molar-refractivity contribution in [3.63, 3.8) is 0 Å². The van der Waals surface area contributed by atoms with Crippen LogP contribution in [0.3, 0.4) is 0 Å². The topological polar surface area (TPSA) is 110 Å². The van der Waals surface area contributed by atoms with E-state index >= 15 is 0 Å². The number of anilines is 2. The monoisotopic (exact) mass is 266 g/mol. The van der Waals surface area contributed by atoms with E-state index in [-0.39, 0.29) is 17.5 Å². The van der Waals surface area contributed by atoms with E-state index in [0.29, 0.717) is 6.54 Å². The predicted molar refractivity (Wildman–Crippen MR) is 71.9 cm³/mol. The van der Waals surface area contributed by atoms with Crippen LogP contribution in [0.1, 0.15) is 19.3 Å². The number of nitro groups is 1. The van der Waals surface area contributed by atoms with E-state index in [4.69, 9.17) is 5.73 Å². The second-order valence-corrected chi connectivity index (χ2v) is 4.55. The Balaban J connectivity index is 1.91. The summed E-state index contributed by atoms with van der Waals surface area (Å²) in [6.45, 7) is 3.64. The van der Waals surface area contributed by atoms with E-state index < -0.39 is 4.92 Å². The third-order valence-corrected chi connectivity index (χ3v) is 3.15. The first kappa shape index (κ1) is 13.5. The summed E-state index contributed by atoms with van der Waals surface area (Å²) in [5, 5.41) is 13.8. The zero-order valence-electron chi connectivity index (χ0n) is 10.7. The molecule has 19 heavy (non-hydrogen) atoms. The number of hydrogen-bond donors (Lipinski definition) is 2. The molecule has 0 aromatic carbocycles. The maximum Gasteiger partial charge on any atom is 0.329 e. The number of likely N-dealkylation sites (tertiary alicyclic amines) is 1. The number of aromatic nitrogens is 2. The van der Waals surface area contributed by atoms with Crippen LogP contribution < -0.4 is 11.1 Å². The summed E-state index contributed by atoms with van der Waals surface area (Å²) in [5.74, 6) is 0.223. The predicted octanol–water partition coefficient (Wildman–Crippen LogP) is 0.865. The minimum Gasteiger partial charge on any atom is -0.368 e. The van der Waals surface area contributed by atoms with Crippen LogP contribution in [0, 0.1) is 10.1 Å². The highest BCUT2D eigenvalue weighted by Gasteiger charge is 2.16. The van der Waals surface area contributed by atoms with Crippen molar-refractivity contribution in [3.05, 3.63) is 16.3 Å². The molecular formula is C11H18N6O2. The fourth-order valence-corrected chi connectivity index (χ4v) is 2.17. The molecule has 8 heteroatoms. The summed E-state index contributed by atoms with van der Waals surface area (Å²) in [4.78, 5) is 20.2. The molecule has 3 N–H and O–H groups in total. The molecule has 0 saturated carbocycles. The van der Waals surface area contributed by atoms with Gasteiger partial charge in [-0.3, -0.25) is 10.1 Å². The molecule has 1 aliphatic rings. The van der Waals surface area contributed by atoms with Crippen LogP contribution in [0.2, 0.25) is 0 Å². The summed E-state index contributed by atoms with van der Waals surface area (Å²) in [6, 6.07) is 0. The maximum atomic E-state index is 10.8. The van der Waals surface area contributed by atoms with Gasteiger partial charge in [0.1, 0.15) is 6.20 Å². The van der Waals surface area contributed by atoms with Gasteiger partial charge in [-0.2, -0.15) is 4.98 Å². The first-order valence-electron chi connectivity index (χ1n) is 6.40. The zero-order valence-corrected chi connectivity index (χ0v) is 10.7. The second kappa shape index (κ2) is 6.28. The lowest BCUT2D eigenvalue weighted by atomic mass is 10.1. The smallest absolute Gasteiger partial charge is 0.329 e. The lowest BCUT2D eigenvalue weighted by Crippen LogP contribution is -2.33. The molecule has 0 amide bonds. The van der Waals surface area contributed by atoms with E-state index in [0.717, 1.165) is 25.8 Å². The largest absolute Gasteiger partial charge is 0.368 e. The standard InChI is InChI=1S/C11H18N6O2/c12-11-14-8-9(17(18)19)10(15-11)13-4-7-16-5-2-1-3-6-16/h8H,1-7H2,(H3,12,13,14,15). The van der Waals surface area contributed by atoms with Gasteiger partial charge in [0.25, 0.3) is 0 Å². The van der Waals surface area contributed by atoms with E-state index in [1.54, 1.807) is 0 Å². The molecule has 2 rings (SSSR count). The summed E-state index contributed by atoms with van der Waals surface area (Å²) < 4.78 is 0. The molecule has 2 heterocycles. The van der Waals surface area contributed by atoms with Crippen molar-refractivity contribution < 1.29 is 4.92 Å². The van der Waals surface area contributed by atoms with Crippen LogP contribution in [0.25, 0.3) is 0 Å². The van der Waals surface area contributed by atoms with Crippen molar-refractivity contribution in [2.75, 3.05) is 37.2 Å². The SMILES string of the molecule is Nc1ncc([N+](=O)[O-])c(NCCN2CCCCC2)n1. The molecule has 0 radical (unpaired) electrons. The normalized spacial score (nSPS) is 16.2. The zero-order chi connectivity index (χ0) is 13.7. The molecule has 8 nitrogen and oxygen atoms in total. The minimum absolute atomic E-state index is 0.0334. The van der Waals surface area contributed by atoms with Gasteiger partial charge >= 0.3 is 5.69 Å². The van der Waals surface area contributed by atoms with Crippen LogP contribution >= 0.6 is 0 Å². The van der Waals surface area contributed by atoms with E-state index in [9.17, 15) is 10.1 Å². The van der Waals surface area contributed by atoms with Crippen molar-refractivity contribution in [3.8, 4) is 0 Å². The average molecular weight is 266 g/mol. The molecule has 1 aromatic rings. The minimum atomic E-state index is -0.511. The average Bonchev–Trinajstić information content (AvgIpc) is 2.39. The Bertz CT molecular complexity index is 447. The van der Waals surface area contributed by atoms with E-state index in [1.165, 1.54) is 19.3 Å². The number of hydrogen-bond acceptors (Lipinski definition) is 7. The third kappa shape index (κ3) is 3.75. The van der Waals surface area contributed by atoms with Crippen molar-refractivity contribution in [2.24, 2.45) is 0 Å². The van der Waals surface area contributed by atoms with Crippen LogP contribution in [0.5, 0.6) is 0 Å². The highest BCUT2D eigenvalue weighted by molar-refractivity contribution is 5.56. The van der Waals surface area contributed by atoms with Gasteiger partial charge in [-0.25, -0.2) is 4.98 Å². The van der Waals surface area contributed by atoms with Gasteiger partial charge in [0, 0.05) is 13.1 Å². The van der Waals surface area contributed by atoms with Gasteiger partial charge in [0.2, 0.25) is 11.8 Å². The number of nitrogens with one attached hydrogen (secondary N) is 1. The first-order valence-corrected chi connectivity index (χ1v) is 6.40. The van der Waals surface area contributed by atoms with Gasteiger partial charge < -0.3 is 16.0 Å². The summed E-state index contributed by atoms with van der Waals surface area (Å²) in [6.07, 6.45) is 4.87. The number of nitrogens with zero attached hydrogens (tertiary/aromatic N) is 4. The van der Waals surface area contributed by atoms with Gasteiger partial charge in [0.15, 0.2) is 0 Å². The summed E-state index contributed by atoms with van der Waals surface area (Å²) in [5.41, 5.74) is 5.30. The Morgan fingerprint density at radius 2 is 2.16 bits per heavy atom. The van der Waals surface area contributed by atoms with Gasteiger partial charge in [-0.05, 0) is 25.9 Å². The molecule has 0 atom stereocenters. The van der Waals surface area contributed by atoms with Crippen molar-refractivity contribution in [2.45, 2.75) is 19.3 Å². The highest BCUT2D eigenvalue weighted by Crippen LogP contribution is 2.20. The van der Waals surface area contributed by atoms with Gasteiger partial charge in [0.05, 0.1) is 4.92 Å². The fourth-order valence-electron chi connectivity index (χ4n) is 2.17. The Morgan fingerprint density at radius 1 is 1.42 bits per heavy atom. The first-order chi connectivity index (χ1) is 9.16. The van der Waals surface area contributed by atoms with E-state index in [2.05, 4.69) is 20.2 Å². The number of nitrogen functional groups attached to an aromatic ring is 1. The summed E-state index contributed by atoms with van der Waals surface area (Å²) >= 11 is 0. The maximum absolute atomic E-state index is 10.8. The van der Waals surface area contributed by atoms with Crippen molar-refractivity contribution >= 4 is 17.5 Å². The van der Waals surface area contributed by atoms with Gasteiger partial charge in [-0.1, -0.05) is 6.42 Å². The molecule has 1 fully saturated rings. The third-order valence-electron chi connectivity index (χ3n) is 3.15. The molecule has 0 aliphatic carbocycles. The molecule has 104 valence electrons. The fraction of sp³-hybridized carbons (Fsp3) is 0.636. The number of rotatable bonds is 5. The second-order valence-electron chi connectivity index (χ2n) is 4.55. The van der Waals surface area contributed by atoms with Gasteiger partial charge in [-0.15, -0.1) is 0 Å². The van der Waals surface area contributed by atoms with Crippen LogP contribution in [0.4, 0.5) is 17.5 Å². The summed E-state index contributed by atoms with van der Waals surface area (Å²) in [7, 11) is 0. The van der Waals surface area contributed by atoms with Crippen molar-refractivity contribution in [1.82, 2.24) is 14.9 Å². The number of nitrogens with two attached hydrogens (primary N) is 1. The highest BCUT2D eigenvalue weighted by atomic mass is 16.6.